The number of carbonyl (C=O) groups excluding carboxylic acids is 1. The monoisotopic (exact) mass is 381 g/mol. The smallest absolute Gasteiger partial charge is 0.224 e. The van der Waals surface area contributed by atoms with Crippen molar-refractivity contribution in [2.24, 2.45) is 0 Å². The summed E-state index contributed by atoms with van der Waals surface area (Å²) in [4.78, 5) is 11.8. The fourth-order valence-electron chi connectivity index (χ4n) is 1.96. The van der Waals surface area contributed by atoms with Gasteiger partial charge < -0.3 is 5.32 Å². The zero-order valence-electron chi connectivity index (χ0n) is 12.0. The third-order valence-corrected chi connectivity index (χ3v) is 4.54. The molecule has 0 saturated heterocycles. The summed E-state index contributed by atoms with van der Waals surface area (Å²) in [5.74, 6) is 1.21. The second-order valence-electron chi connectivity index (χ2n) is 4.80. The van der Waals surface area contributed by atoms with Crippen molar-refractivity contribution in [1.29, 1.82) is 0 Å². The molecule has 2 rings (SSSR count). The van der Waals surface area contributed by atoms with Gasteiger partial charge in [-0.2, -0.15) is 11.8 Å². The maximum absolute atomic E-state index is 13.4. The Morgan fingerprint density at radius 1 is 1.18 bits per heavy atom. The summed E-state index contributed by atoms with van der Waals surface area (Å²) in [6.07, 6.45) is 0.372. The minimum atomic E-state index is -0.173. The van der Waals surface area contributed by atoms with Gasteiger partial charge in [-0.25, -0.2) is 4.39 Å². The van der Waals surface area contributed by atoms with Gasteiger partial charge in [-0.15, -0.1) is 0 Å². The molecule has 0 atom stereocenters. The highest BCUT2D eigenvalue weighted by molar-refractivity contribution is 9.10. The van der Waals surface area contributed by atoms with Crippen LogP contribution < -0.4 is 5.32 Å². The third kappa shape index (κ3) is 5.81. The van der Waals surface area contributed by atoms with Crippen LogP contribution in [0.2, 0.25) is 0 Å². The van der Waals surface area contributed by atoms with Crippen LogP contribution in [0.15, 0.2) is 53.0 Å². The molecule has 0 aliphatic carbocycles. The molecule has 0 aliphatic heterocycles. The van der Waals surface area contributed by atoms with Gasteiger partial charge in [0.1, 0.15) is 5.82 Å². The second kappa shape index (κ2) is 8.96. The van der Waals surface area contributed by atoms with E-state index in [2.05, 4.69) is 21.2 Å². The molecular formula is C17H17BrFNOS. The van der Waals surface area contributed by atoms with Gasteiger partial charge in [0, 0.05) is 22.5 Å². The summed E-state index contributed by atoms with van der Waals surface area (Å²) in [5, 5.41) is 2.88. The SMILES string of the molecule is O=C(Cc1cccc(Br)c1)NCCSCc1ccccc1F. The molecule has 2 aromatic carbocycles. The lowest BCUT2D eigenvalue weighted by Gasteiger charge is -2.06. The Labute approximate surface area is 142 Å². The fraction of sp³-hybridized carbons (Fsp3) is 0.235. The van der Waals surface area contributed by atoms with Crippen LogP contribution in [0.1, 0.15) is 11.1 Å². The number of halogens is 2. The van der Waals surface area contributed by atoms with Gasteiger partial charge in [-0.1, -0.05) is 46.3 Å². The standard InChI is InChI=1S/C17H17BrFNOS/c18-15-6-3-4-13(10-15)11-17(21)20-8-9-22-12-14-5-1-2-7-16(14)19/h1-7,10H,8-9,11-12H2,(H,20,21). The van der Waals surface area contributed by atoms with E-state index < -0.39 is 0 Å². The van der Waals surface area contributed by atoms with E-state index in [0.29, 0.717) is 24.3 Å². The summed E-state index contributed by atoms with van der Waals surface area (Å²) in [6, 6.07) is 14.5. The predicted molar refractivity (Wildman–Crippen MR) is 93.4 cm³/mol. The average molecular weight is 382 g/mol. The first-order valence-corrected chi connectivity index (χ1v) is 8.92. The molecule has 0 spiro atoms. The van der Waals surface area contributed by atoms with Gasteiger partial charge in [0.2, 0.25) is 5.91 Å². The van der Waals surface area contributed by atoms with Crippen molar-refractivity contribution in [2.75, 3.05) is 12.3 Å². The quantitative estimate of drug-likeness (QED) is 0.728. The predicted octanol–water partition coefficient (Wildman–Crippen LogP) is 4.18. The molecule has 5 heteroatoms. The number of hydrogen-bond acceptors (Lipinski definition) is 2. The third-order valence-electron chi connectivity index (χ3n) is 3.04. The number of benzene rings is 2. The first-order valence-electron chi connectivity index (χ1n) is 6.97. The van der Waals surface area contributed by atoms with Crippen LogP contribution in [-0.4, -0.2) is 18.2 Å². The zero-order chi connectivity index (χ0) is 15.8. The van der Waals surface area contributed by atoms with Crippen LogP contribution >= 0.6 is 27.7 Å². The van der Waals surface area contributed by atoms with Crippen LogP contribution in [0.25, 0.3) is 0 Å². The molecule has 1 N–H and O–H groups in total. The molecule has 116 valence electrons. The zero-order valence-corrected chi connectivity index (χ0v) is 14.4. The van der Waals surface area contributed by atoms with E-state index >= 15 is 0 Å². The summed E-state index contributed by atoms with van der Waals surface area (Å²) < 4.78 is 14.4. The van der Waals surface area contributed by atoms with Gasteiger partial charge in [-0.3, -0.25) is 4.79 Å². The number of carbonyl (C=O) groups is 1. The molecule has 22 heavy (non-hydrogen) atoms. The number of thioether (sulfide) groups is 1. The van der Waals surface area contributed by atoms with Crippen LogP contribution in [0.3, 0.4) is 0 Å². The lowest BCUT2D eigenvalue weighted by Crippen LogP contribution is -2.27. The summed E-state index contributed by atoms with van der Waals surface area (Å²) in [7, 11) is 0. The Morgan fingerprint density at radius 3 is 2.77 bits per heavy atom. The van der Waals surface area contributed by atoms with E-state index in [0.717, 1.165) is 15.8 Å². The van der Waals surface area contributed by atoms with Gasteiger partial charge in [-0.05, 0) is 29.3 Å². The molecular weight excluding hydrogens is 365 g/mol. The van der Waals surface area contributed by atoms with Crippen molar-refractivity contribution in [2.45, 2.75) is 12.2 Å². The first kappa shape index (κ1) is 17.0. The second-order valence-corrected chi connectivity index (χ2v) is 6.82. The molecule has 0 saturated carbocycles. The highest BCUT2D eigenvalue weighted by atomic mass is 79.9. The molecule has 0 radical (unpaired) electrons. The summed E-state index contributed by atoms with van der Waals surface area (Å²) in [6.45, 7) is 0.589. The lowest BCUT2D eigenvalue weighted by atomic mass is 10.1. The highest BCUT2D eigenvalue weighted by Gasteiger charge is 2.04. The Bertz CT molecular complexity index is 636. The molecule has 0 unspecified atom stereocenters. The molecule has 0 aromatic heterocycles. The van der Waals surface area contributed by atoms with Crippen molar-refractivity contribution in [3.63, 3.8) is 0 Å². The van der Waals surface area contributed by atoms with E-state index in [9.17, 15) is 9.18 Å². The van der Waals surface area contributed by atoms with Gasteiger partial charge in [0.25, 0.3) is 0 Å². The number of hydrogen-bond donors (Lipinski definition) is 1. The number of rotatable bonds is 7. The normalized spacial score (nSPS) is 10.5. The highest BCUT2D eigenvalue weighted by Crippen LogP contribution is 2.15. The van der Waals surface area contributed by atoms with Crippen LogP contribution in [0.4, 0.5) is 4.39 Å². The Kier molecular flexibility index (Phi) is 6.93. The van der Waals surface area contributed by atoms with Crippen LogP contribution in [0.5, 0.6) is 0 Å². The van der Waals surface area contributed by atoms with Gasteiger partial charge >= 0.3 is 0 Å². The summed E-state index contributed by atoms with van der Waals surface area (Å²) >= 11 is 5.00. The maximum atomic E-state index is 13.4. The van der Waals surface area contributed by atoms with Gasteiger partial charge in [0.15, 0.2) is 0 Å². The maximum Gasteiger partial charge on any atom is 0.224 e. The Hall–Kier alpha value is -1.33. The number of nitrogens with one attached hydrogen (secondary N) is 1. The summed E-state index contributed by atoms with van der Waals surface area (Å²) in [5.41, 5.74) is 1.68. The Morgan fingerprint density at radius 2 is 2.00 bits per heavy atom. The number of amides is 1. The minimum Gasteiger partial charge on any atom is -0.355 e. The molecule has 2 nitrogen and oxygen atoms in total. The van der Waals surface area contributed by atoms with E-state index in [1.807, 2.05) is 30.3 Å². The first-order chi connectivity index (χ1) is 10.6. The van der Waals surface area contributed by atoms with E-state index in [1.165, 1.54) is 6.07 Å². The molecule has 1 amide bonds. The topological polar surface area (TPSA) is 29.1 Å². The fourth-order valence-corrected chi connectivity index (χ4v) is 3.25. The molecule has 0 bridgehead atoms. The average Bonchev–Trinajstić information content (AvgIpc) is 2.48. The van der Waals surface area contributed by atoms with Crippen LogP contribution in [-0.2, 0) is 17.0 Å². The lowest BCUT2D eigenvalue weighted by molar-refractivity contribution is -0.120. The van der Waals surface area contributed by atoms with E-state index in [1.54, 1.807) is 23.9 Å². The molecule has 0 heterocycles. The van der Waals surface area contributed by atoms with Crippen molar-refractivity contribution in [1.82, 2.24) is 5.32 Å². The van der Waals surface area contributed by atoms with Crippen molar-refractivity contribution in [3.05, 3.63) is 69.9 Å². The van der Waals surface area contributed by atoms with Crippen LogP contribution in [0, 0.1) is 5.82 Å². The minimum absolute atomic E-state index is 0.00425. The Balaban J connectivity index is 1.64. The molecule has 2 aromatic rings. The molecule has 0 fully saturated rings. The van der Waals surface area contributed by atoms with Crippen molar-refractivity contribution in [3.8, 4) is 0 Å². The molecule has 0 aliphatic rings. The van der Waals surface area contributed by atoms with E-state index in [4.69, 9.17) is 0 Å². The largest absolute Gasteiger partial charge is 0.355 e. The van der Waals surface area contributed by atoms with Crippen molar-refractivity contribution >= 4 is 33.6 Å². The van der Waals surface area contributed by atoms with E-state index in [-0.39, 0.29) is 11.7 Å². The van der Waals surface area contributed by atoms with Crippen molar-refractivity contribution < 1.29 is 9.18 Å². The van der Waals surface area contributed by atoms with Gasteiger partial charge in [0.05, 0.1) is 6.42 Å².